The summed E-state index contributed by atoms with van der Waals surface area (Å²) in [6.07, 6.45) is 0. The molecule has 1 aliphatic rings. The predicted molar refractivity (Wildman–Crippen MR) is 46.9 cm³/mol. The molecule has 0 saturated carbocycles. The number of thiophene rings is 1. The van der Waals surface area contributed by atoms with Crippen LogP contribution in [0.25, 0.3) is 0 Å². The quantitative estimate of drug-likeness (QED) is 0.663. The SMILES string of the molecule is c1cc(C2CNCC[N]2)cs1. The summed E-state index contributed by atoms with van der Waals surface area (Å²) in [6, 6.07) is 2.57. The fraction of sp³-hybridized carbons (Fsp3) is 0.500. The molecule has 1 aliphatic heterocycles. The molecule has 1 fully saturated rings. The zero-order valence-electron chi connectivity index (χ0n) is 6.29. The molecule has 0 aromatic carbocycles. The molecule has 2 rings (SSSR count). The summed E-state index contributed by atoms with van der Waals surface area (Å²) in [6.45, 7) is 3.01. The van der Waals surface area contributed by atoms with Crippen molar-refractivity contribution >= 4 is 11.3 Å². The van der Waals surface area contributed by atoms with Crippen molar-refractivity contribution in [1.82, 2.24) is 10.6 Å². The van der Waals surface area contributed by atoms with Gasteiger partial charge in [0, 0.05) is 19.6 Å². The highest BCUT2D eigenvalue weighted by Crippen LogP contribution is 2.17. The van der Waals surface area contributed by atoms with Gasteiger partial charge in [0.25, 0.3) is 0 Å². The van der Waals surface area contributed by atoms with E-state index >= 15 is 0 Å². The highest BCUT2D eigenvalue weighted by molar-refractivity contribution is 7.07. The number of hydrogen-bond acceptors (Lipinski definition) is 2. The lowest BCUT2D eigenvalue weighted by atomic mass is 10.1. The Labute approximate surface area is 70.6 Å². The molecular formula is C8H11N2S. The molecule has 1 saturated heterocycles. The van der Waals surface area contributed by atoms with Gasteiger partial charge in [-0.25, -0.2) is 5.32 Å². The average Bonchev–Trinajstić information content (AvgIpc) is 2.58. The fourth-order valence-electron chi connectivity index (χ4n) is 1.29. The standard InChI is InChI=1S/C8H11N2S/c1-4-11-6-7(1)8-5-9-2-3-10-8/h1,4,6,8-9H,2-3,5H2. The molecule has 0 spiro atoms. The number of rotatable bonds is 1. The molecule has 3 heteroatoms. The molecule has 1 unspecified atom stereocenters. The molecule has 59 valence electrons. The van der Waals surface area contributed by atoms with Crippen LogP contribution in [-0.2, 0) is 0 Å². The van der Waals surface area contributed by atoms with Gasteiger partial charge in [-0.1, -0.05) is 0 Å². The van der Waals surface area contributed by atoms with Gasteiger partial charge in [-0.3, -0.25) is 0 Å². The largest absolute Gasteiger partial charge is 0.313 e. The van der Waals surface area contributed by atoms with Crippen LogP contribution in [0.4, 0.5) is 0 Å². The molecule has 0 amide bonds. The van der Waals surface area contributed by atoms with E-state index in [1.165, 1.54) is 5.56 Å². The van der Waals surface area contributed by atoms with Gasteiger partial charge in [-0.2, -0.15) is 11.3 Å². The Morgan fingerprint density at radius 3 is 3.27 bits per heavy atom. The van der Waals surface area contributed by atoms with Crippen molar-refractivity contribution in [3.8, 4) is 0 Å². The average molecular weight is 167 g/mol. The third-order valence-corrected chi connectivity index (χ3v) is 2.61. The van der Waals surface area contributed by atoms with Crippen molar-refractivity contribution in [1.29, 1.82) is 0 Å². The number of hydrogen-bond donors (Lipinski definition) is 1. The highest BCUT2D eigenvalue weighted by Gasteiger charge is 2.14. The molecular weight excluding hydrogens is 156 g/mol. The first-order valence-electron chi connectivity index (χ1n) is 3.86. The summed E-state index contributed by atoms with van der Waals surface area (Å²) in [5, 5.41) is 12.1. The van der Waals surface area contributed by atoms with Crippen LogP contribution < -0.4 is 10.6 Å². The number of piperazine rings is 1. The minimum absolute atomic E-state index is 0.412. The van der Waals surface area contributed by atoms with Crippen LogP contribution in [0.15, 0.2) is 16.8 Å². The zero-order chi connectivity index (χ0) is 7.52. The Balaban J connectivity index is 2.04. The lowest BCUT2D eigenvalue weighted by Gasteiger charge is -2.21. The lowest BCUT2D eigenvalue weighted by Crippen LogP contribution is -2.38. The Bertz CT molecular complexity index is 202. The minimum atomic E-state index is 0.412. The topological polar surface area (TPSA) is 26.1 Å². The summed E-state index contributed by atoms with van der Waals surface area (Å²) < 4.78 is 0. The van der Waals surface area contributed by atoms with E-state index in [4.69, 9.17) is 0 Å². The van der Waals surface area contributed by atoms with Gasteiger partial charge in [-0.15, -0.1) is 0 Å². The van der Waals surface area contributed by atoms with E-state index in [1.807, 2.05) is 0 Å². The second kappa shape index (κ2) is 3.34. The first-order chi connectivity index (χ1) is 5.47. The maximum Gasteiger partial charge on any atom is 0.0628 e. The van der Waals surface area contributed by atoms with Crippen molar-refractivity contribution in [3.63, 3.8) is 0 Å². The van der Waals surface area contributed by atoms with Gasteiger partial charge in [-0.05, 0) is 22.4 Å². The van der Waals surface area contributed by atoms with Crippen LogP contribution in [-0.4, -0.2) is 19.6 Å². The van der Waals surface area contributed by atoms with Crippen molar-refractivity contribution < 1.29 is 0 Å². The van der Waals surface area contributed by atoms with Gasteiger partial charge >= 0.3 is 0 Å². The Morgan fingerprint density at radius 1 is 1.64 bits per heavy atom. The monoisotopic (exact) mass is 167 g/mol. The molecule has 11 heavy (non-hydrogen) atoms. The van der Waals surface area contributed by atoms with Crippen LogP contribution in [0.3, 0.4) is 0 Å². The molecule has 1 aromatic heterocycles. The van der Waals surface area contributed by atoms with E-state index in [-0.39, 0.29) is 0 Å². The normalized spacial score (nSPS) is 25.3. The highest BCUT2D eigenvalue weighted by atomic mass is 32.1. The third kappa shape index (κ3) is 1.61. The van der Waals surface area contributed by atoms with Crippen molar-refractivity contribution in [2.24, 2.45) is 0 Å². The Kier molecular flexibility index (Phi) is 2.21. The molecule has 2 nitrogen and oxygen atoms in total. The van der Waals surface area contributed by atoms with E-state index in [0.29, 0.717) is 6.04 Å². The molecule has 1 N–H and O–H groups in total. The van der Waals surface area contributed by atoms with E-state index in [0.717, 1.165) is 19.6 Å². The Hall–Kier alpha value is -0.380. The van der Waals surface area contributed by atoms with Gasteiger partial charge in [0.2, 0.25) is 0 Å². The van der Waals surface area contributed by atoms with Gasteiger partial charge in [0.05, 0.1) is 6.04 Å². The first kappa shape index (κ1) is 7.28. The maximum absolute atomic E-state index is 4.52. The second-order valence-electron chi connectivity index (χ2n) is 2.68. The molecule has 1 aromatic rings. The minimum Gasteiger partial charge on any atom is -0.313 e. The van der Waals surface area contributed by atoms with E-state index in [9.17, 15) is 0 Å². The smallest absolute Gasteiger partial charge is 0.0628 e. The van der Waals surface area contributed by atoms with Gasteiger partial charge in [0.15, 0.2) is 0 Å². The van der Waals surface area contributed by atoms with Crippen LogP contribution in [0, 0.1) is 0 Å². The fourth-order valence-corrected chi connectivity index (χ4v) is 2.00. The Morgan fingerprint density at radius 2 is 2.64 bits per heavy atom. The lowest BCUT2D eigenvalue weighted by molar-refractivity contribution is 0.422. The van der Waals surface area contributed by atoms with Crippen molar-refractivity contribution in [3.05, 3.63) is 22.4 Å². The molecule has 1 radical (unpaired) electrons. The molecule has 1 atom stereocenters. The van der Waals surface area contributed by atoms with Crippen molar-refractivity contribution in [2.45, 2.75) is 6.04 Å². The molecule has 0 aliphatic carbocycles. The van der Waals surface area contributed by atoms with E-state index in [1.54, 1.807) is 11.3 Å². The van der Waals surface area contributed by atoms with Gasteiger partial charge in [0.1, 0.15) is 0 Å². The summed E-state index contributed by atoms with van der Waals surface area (Å²) >= 11 is 1.75. The number of nitrogens with zero attached hydrogens (tertiary/aromatic N) is 1. The first-order valence-corrected chi connectivity index (χ1v) is 4.80. The van der Waals surface area contributed by atoms with Crippen LogP contribution >= 0.6 is 11.3 Å². The molecule has 2 heterocycles. The number of nitrogens with one attached hydrogen (secondary N) is 1. The zero-order valence-corrected chi connectivity index (χ0v) is 7.10. The van der Waals surface area contributed by atoms with Gasteiger partial charge < -0.3 is 5.32 Å². The summed E-state index contributed by atoms with van der Waals surface area (Å²) in [5.41, 5.74) is 1.36. The predicted octanol–water partition coefficient (Wildman–Crippen LogP) is 0.997. The third-order valence-electron chi connectivity index (χ3n) is 1.90. The van der Waals surface area contributed by atoms with E-state index in [2.05, 4.69) is 27.5 Å². The molecule has 0 bridgehead atoms. The second-order valence-corrected chi connectivity index (χ2v) is 3.46. The maximum atomic E-state index is 4.52. The summed E-state index contributed by atoms with van der Waals surface area (Å²) in [4.78, 5) is 0. The summed E-state index contributed by atoms with van der Waals surface area (Å²) in [5.74, 6) is 0. The van der Waals surface area contributed by atoms with Crippen molar-refractivity contribution in [2.75, 3.05) is 19.6 Å². The summed E-state index contributed by atoms with van der Waals surface area (Å²) in [7, 11) is 0. The van der Waals surface area contributed by atoms with E-state index < -0.39 is 0 Å². The van der Waals surface area contributed by atoms with Crippen LogP contribution in [0.2, 0.25) is 0 Å². The van der Waals surface area contributed by atoms with Crippen LogP contribution in [0.1, 0.15) is 11.6 Å². The van der Waals surface area contributed by atoms with Crippen LogP contribution in [0.5, 0.6) is 0 Å².